The van der Waals surface area contributed by atoms with Crippen LogP contribution >= 0.6 is 11.6 Å². The van der Waals surface area contributed by atoms with Crippen LogP contribution in [0.2, 0.25) is 5.02 Å². The highest BCUT2D eigenvalue weighted by Crippen LogP contribution is 2.25. The average molecular weight is 243 g/mol. The van der Waals surface area contributed by atoms with Gasteiger partial charge in [-0.1, -0.05) is 11.6 Å². The zero-order chi connectivity index (χ0) is 11.5. The summed E-state index contributed by atoms with van der Waals surface area (Å²) in [4.78, 5) is 4.26. The molecule has 0 bridgehead atoms. The summed E-state index contributed by atoms with van der Waals surface area (Å²) < 4.78 is 13.0. The molecule has 1 fully saturated rings. The zero-order valence-corrected chi connectivity index (χ0v) is 9.26. The van der Waals surface area contributed by atoms with E-state index in [1.807, 2.05) is 0 Å². The minimum absolute atomic E-state index is 0.311. The molecule has 0 saturated heterocycles. The summed E-state index contributed by atoms with van der Waals surface area (Å²) in [5, 5.41) is 3.27. The maximum absolute atomic E-state index is 13.0. The van der Waals surface area contributed by atoms with Crippen molar-refractivity contribution < 1.29 is 4.39 Å². The number of benzene rings is 1. The van der Waals surface area contributed by atoms with E-state index in [-0.39, 0.29) is 5.82 Å². The second-order valence-corrected chi connectivity index (χ2v) is 4.01. The molecule has 1 aromatic carbocycles. The Hall–Kier alpha value is -1.33. The van der Waals surface area contributed by atoms with Gasteiger partial charge in [0.2, 0.25) is 5.96 Å². The van der Waals surface area contributed by atoms with E-state index in [1.54, 1.807) is 0 Å². The number of nitrogens with zero attached hydrogens (tertiary/aromatic N) is 1. The van der Waals surface area contributed by atoms with Crippen LogP contribution in [-0.4, -0.2) is 12.0 Å². The fourth-order valence-electron chi connectivity index (χ4n) is 1.21. The lowest BCUT2D eigenvalue weighted by atomic mass is 10.3. The number of hydrazine groups is 1. The number of aliphatic imine (C=N–C) groups is 1. The Bertz CT molecular complexity index is 417. The topological polar surface area (TPSA) is 62.4 Å². The van der Waals surface area contributed by atoms with Crippen molar-refractivity contribution in [1.82, 2.24) is 5.43 Å². The van der Waals surface area contributed by atoms with Gasteiger partial charge in [0.05, 0.1) is 16.8 Å². The smallest absolute Gasteiger partial charge is 0.210 e. The zero-order valence-electron chi connectivity index (χ0n) is 8.50. The molecule has 2 rings (SSSR count). The van der Waals surface area contributed by atoms with Crippen molar-refractivity contribution in [3.8, 4) is 0 Å². The van der Waals surface area contributed by atoms with E-state index in [1.165, 1.54) is 18.2 Å². The molecule has 0 unspecified atom stereocenters. The second-order valence-electron chi connectivity index (χ2n) is 3.60. The molecule has 6 heteroatoms. The molecule has 0 atom stereocenters. The molecule has 0 aromatic heterocycles. The number of anilines is 1. The summed E-state index contributed by atoms with van der Waals surface area (Å²) in [6, 6.07) is 4.37. The summed E-state index contributed by atoms with van der Waals surface area (Å²) in [5.74, 6) is 5.34. The lowest BCUT2D eigenvalue weighted by Crippen LogP contribution is -2.36. The fraction of sp³-hybridized carbons (Fsp3) is 0.300. The molecule has 1 aliphatic carbocycles. The van der Waals surface area contributed by atoms with Crippen LogP contribution in [0.5, 0.6) is 0 Å². The first-order chi connectivity index (χ1) is 7.69. The van der Waals surface area contributed by atoms with Gasteiger partial charge in [0.15, 0.2) is 0 Å². The molecular weight excluding hydrogens is 231 g/mol. The van der Waals surface area contributed by atoms with Crippen molar-refractivity contribution in [1.29, 1.82) is 0 Å². The van der Waals surface area contributed by atoms with E-state index in [0.717, 1.165) is 12.8 Å². The highest BCUT2D eigenvalue weighted by atomic mass is 35.5. The number of guanidine groups is 1. The van der Waals surface area contributed by atoms with Gasteiger partial charge in [0.25, 0.3) is 0 Å². The third-order valence-corrected chi connectivity index (χ3v) is 2.51. The Labute approximate surface area is 97.7 Å². The highest BCUT2D eigenvalue weighted by Gasteiger charge is 2.21. The van der Waals surface area contributed by atoms with E-state index >= 15 is 0 Å². The molecular formula is C10H12ClFN4. The summed E-state index contributed by atoms with van der Waals surface area (Å²) in [7, 11) is 0. The van der Waals surface area contributed by atoms with Gasteiger partial charge >= 0.3 is 0 Å². The fourth-order valence-corrected chi connectivity index (χ4v) is 1.38. The molecule has 0 heterocycles. The van der Waals surface area contributed by atoms with Crippen molar-refractivity contribution in [3.63, 3.8) is 0 Å². The Morgan fingerprint density at radius 3 is 2.88 bits per heavy atom. The lowest BCUT2D eigenvalue weighted by Gasteiger charge is -2.10. The normalized spacial score (nSPS) is 16.1. The third kappa shape index (κ3) is 2.84. The van der Waals surface area contributed by atoms with Crippen LogP contribution in [0.25, 0.3) is 0 Å². The second kappa shape index (κ2) is 4.67. The molecule has 0 amide bonds. The van der Waals surface area contributed by atoms with E-state index < -0.39 is 0 Å². The summed E-state index contributed by atoms with van der Waals surface area (Å²) in [6.07, 6.45) is 2.12. The quantitative estimate of drug-likeness (QED) is 0.321. The van der Waals surface area contributed by atoms with Crippen LogP contribution in [0.4, 0.5) is 10.1 Å². The molecule has 0 radical (unpaired) electrons. The van der Waals surface area contributed by atoms with E-state index in [4.69, 9.17) is 17.4 Å². The number of hydrogen-bond acceptors (Lipinski definition) is 2. The van der Waals surface area contributed by atoms with E-state index in [9.17, 15) is 4.39 Å². The molecule has 86 valence electrons. The summed E-state index contributed by atoms with van der Waals surface area (Å²) >= 11 is 5.90. The Balaban J connectivity index is 2.14. The lowest BCUT2D eigenvalue weighted by molar-refractivity contribution is 0.628. The van der Waals surface area contributed by atoms with E-state index in [0.29, 0.717) is 22.7 Å². The van der Waals surface area contributed by atoms with Gasteiger partial charge in [-0.05, 0) is 31.0 Å². The molecule has 16 heavy (non-hydrogen) atoms. The summed E-state index contributed by atoms with van der Waals surface area (Å²) in [6.45, 7) is 0. The van der Waals surface area contributed by atoms with Crippen LogP contribution in [0.15, 0.2) is 23.2 Å². The predicted octanol–water partition coefficient (Wildman–Crippen LogP) is 1.87. The first-order valence-electron chi connectivity index (χ1n) is 4.95. The first kappa shape index (κ1) is 11.2. The van der Waals surface area contributed by atoms with Gasteiger partial charge in [0.1, 0.15) is 5.82 Å². The third-order valence-electron chi connectivity index (χ3n) is 2.18. The van der Waals surface area contributed by atoms with Gasteiger partial charge in [-0.15, -0.1) is 0 Å². The largest absolute Gasteiger partial charge is 0.324 e. The van der Waals surface area contributed by atoms with Gasteiger partial charge in [0, 0.05) is 0 Å². The monoisotopic (exact) mass is 242 g/mol. The number of halogens is 2. The number of nitrogens with one attached hydrogen (secondary N) is 2. The Morgan fingerprint density at radius 2 is 2.25 bits per heavy atom. The molecule has 0 spiro atoms. The molecule has 1 saturated carbocycles. The van der Waals surface area contributed by atoms with Crippen molar-refractivity contribution in [2.75, 3.05) is 5.32 Å². The van der Waals surface area contributed by atoms with Crippen molar-refractivity contribution in [2.45, 2.75) is 18.9 Å². The average Bonchev–Trinajstić information content (AvgIpc) is 3.06. The van der Waals surface area contributed by atoms with E-state index in [2.05, 4.69) is 15.7 Å². The number of nitrogens with two attached hydrogens (primary N) is 1. The van der Waals surface area contributed by atoms with Crippen LogP contribution in [0.1, 0.15) is 12.8 Å². The number of rotatable bonds is 2. The van der Waals surface area contributed by atoms with Crippen LogP contribution in [0, 0.1) is 5.82 Å². The van der Waals surface area contributed by atoms with Crippen molar-refractivity contribution in [3.05, 3.63) is 29.0 Å². The van der Waals surface area contributed by atoms with Crippen molar-refractivity contribution >= 4 is 23.2 Å². The standard InChI is InChI=1S/C10H12ClFN4/c11-8-4-1-6(12)5-9(8)15-10(16-13)14-7-2-3-7/h1,4-5,7H,2-3,13H2,(H2,14,15,16). The van der Waals surface area contributed by atoms with Crippen LogP contribution in [0.3, 0.4) is 0 Å². The van der Waals surface area contributed by atoms with Gasteiger partial charge in [-0.25, -0.2) is 15.2 Å². The van der Waals surface area contributed by atoms with Crippen LogP contribution in [-0.2, 0) is 0 Å². The Kier molecular flexibility index (Phi) is 3.26. The number of hydrogen-bond donors (Lipinski definition) is 3. The van der Waals surface area contributed by atoms with Crippen molar-refractivity contribution in [2.24, 2.45) is 10.8 Å². The minimum atomic E-state index is -0.366. The SMILES string of the molecule is NNC(=NC1CC1)Nc1cc(F)ccc1Cl. The van der Waals surface area contributed by atoms with Gasteiger partial charge < -0.3 is 5.32 Å². The predicted molar refractivity (Wildman–Crippen MR) is 62.8 cm³/mol. The molecule has 4 nitrogen and oxygen atoms in total. The molecule has 1 aromatic rings. The van der Waals surface area contributed by atoms with Crippen LogP contribution < -0.4 is 16.6 Å². The van der Waals surface area contributed by atoms with Gasteiger partial charge in [-0.3, -0.25) is 5.43 Å². The molecule has 4 N–H and O–H groups in total. The van der Waals surface area contributed by atoms with Gasteiger partial charge in [-0.2, -0.15) is 0 Å². The molecule has 1 aliphatic rings. The maximum Gasteiger partial charge on any atom is 0.210 e. The molecule has 0 aliphatic heterocycles. The first-order valence-corrected chi connectivity index (χ1v) is 5.33. The minimum Gasteiger partial charge on any atom is -0.324 e. The summed E-state index contributed by atoms with van der Waals surface area (Å²) in [5.41, 5.74) is 2.87. The maximum atomic E-state index is 13.0. The highest BCUT2D eigenvalue weighted by molar-refractivity contribution is 6.33. The Morgan fingerprint density at radius 1 is 1.50 bits per heavy atom.